The SMILES string of the molecule is O=C(c1ccncc1)N1CCC2(CC1)CC(OCc1cccnc1)CO2. The van der Waals surface area contributed by atoms with E-state index >= 15 is 0 Å². The molecule has 1 atom stereocenters. The molecule has 0 saturated carbocycles. The van der Waals surface area contributed by atoms with Gasteiger partial charge in [0.05, 0.1) is 24.9 Å². The number of pyridine rings is 2. The molecule has 0 bridgehead atoms. The topological polar surface area (TPSA) is 64.6 Å². The van der Waals surface area contributed by atoms with Crippen molar-refractivity contribution in [3.63, 3.8) is 0 Å². The lowest BCUT2D eigenvalue weighted by Gasteiger charge is -2.38. The molecule has 2 aliphatic heterocycles. The lowest BCUT2D eigenvalue weighted by atomic mass is 9.87. The van der Waals surface area contributed by atoms with E-state index in [0.29, 0.717) is 18.8 Å². The zero-order valence-electron chi connectivity index (χ0n) is 14.7. The van der Waals surface area contributed by atoms with Gasteiger partial charge in [0.25, 0.3) is 5.91 Å². The number of ether oxygens (including phenoxy) is 2. The Hall–Kier alpha value is -2.31. The monoisotopic (exact) mass is 353 g/mol. The fraction of sp³-hybridized carbons (Fsp3) is 0.450. The summed E-state index contributed by atoms with van der Waals surface area (Å²) in [5, 5.41) is 0. The van der Waals surface area contributed by atoms with Gasteiger partial charge < -0.3 is 14.4 Å². The standard InChI is InChI=1S/C20H23N3O3/c24-19(17-3-8-21-9-4-17)23-10-5-20(6-11-23)12-18(15-26-20)25-14-16-2-1-7-22-13-16/h1-4,7-9,13,18H,5-6,10-12,14-15H2. The fourth-order valence-electron chi connectivity index (χ4n) is 3.75. The number of carbonyl (C=O) groups is 1. The molecule has 6 heteroatoms. The third-order valence-corrected chi connectivity index (χ3v) is 5.27. The molecular weight excluding hydrogens is 330 g/mol. The predicted molar refractivity (Wildman–Crippen MR) is 95.5 cm³/mol. The van der Waals surface area contributed by atoms with Crippen molar-refractivity contribution in [2.75, 3.05) is 19.7 Å². The number of piperidine rings is 1. The van der Waals surface area contributed by atoms with Crippen molar-refractivity contribution < 1.29 is 14.3 Å². The molecule has 1 unspecified atom stereocenters. The second-order valence-electron chi connectivity index (χ2n) is 7.02. The van der Waals surface area contributed by atoms with Gasteiger partial charge in [-0.2, -0.15) is 0 Å². The summed E-state index contributed by atoms with van der Waals surface area (Å²) in [7, 11) is 0. The molecule has 2 aromatic rings. The normalized spacial score (nSPS) is 21.8. The third-order valence-electron chi connectivity index (χ3n) is 5.27. The van der Waals surface area contributed by atoms with Gasteiger partial charge in [-0.1, -0.05) is 6.07 Å². The molecule has 2 aromatic heterocycles. The van der Waals surface area contributed by atoms with Crippen LogP contribution < -0.4 is 0 Å². The number of carbonyl (C=O) groups excluding carboxylic acids is 1. The van der Waals surface area contributed by atoms with E-state index < -0.39 is 0 Å². The first-order valence-corrected chi connectivity index (χ1v) is 9.08. The summed E-state index contributed by atoms with van der Waals surface area (Å²) in [6.45, 7) is 2.62. The highest BCUT2D eigenvalue weighted by molar-refractivity contribution is 5.94. The molecule has 0 radical (unpaired) electrons. The Morgan fingerprint density at radius 3 is 2.73 bits per heavy atom. The van der Waals surface area contributed by atoms with Crippen molar-refractivity contribution in [3.05, 3.63) is 60.2 Å². The average Bonchev–Trinajstić information content (AvgIpc) is 3.10. The highest BCUT2D eigenvalue weighted by atomic mass is 16.6. The molecule has 4 rings (SSSR count). The van der Waals surface area contributed by atoms with Crippen LogP contribution in [0.4, 0.5) is 0 Å². The Morgan fingerprint density at radius 1 is 1.19 bits per heavy atom. The predicted octanol–water partition coefficient (Wildman–Crippen LogP) is 2.46. The van der Waals surface area contributed by atoms with Crippen molar-refractivity contribution >= 4 is 5.91 Å². The fourth-order valence-corrected chi connectivity index (χ4v) is 3.75. The van der Waals surface area contributed by atoms with Crippen molar-refractivity contribution in [2.45, 2.75) is 37.6 Å². The molecule has 1 spiro atoms. The van der Waals surface area contributed by atoms with Crippen molar-refractivity contribution in [1.29, 1.82) is 0 Å². The summed E-state index contributed by atoms with van der Waals surface area (Å²) in [6.07, 6.45) is 9.62. The average molecular weight is 353 g/mol. The molecule has 2 aliphatic rings. The van der Waals surface area contributed by atoms with Gasteiger partial charge >= 0.3 is 0 Å². The molecule has 26 heavy (non-hydrogen) atoms. The summed E-state index contributed by atoms with van der Waals surface area (Å²) >= 11 is 0. The lowest BCUT2D eigenvalue weighted by Crippen LogP contribution is -2.46. The lowest BCUT2D eigenvalue weighted by molar-refractivity contribution is -0.0412. The minimum Gasteiger partial charge on any atom is -0.372 e. The molecular formula is C20H23N3O3. The van der Waals surface area contributed by atoms with Gasteiger partial charge in [0.1, 0.15) is 0 Å². The third kappa shape index (κ3) is 3.76. The molecule has 0 N–H and O–H groups in total. The van der Waals surface area contributed by atoms with Gasteiger partial charge in [-0.05, 0) is 36.6 Å². The van der Waals surface area contributed by atoms with Crippen molar-refractivity contribution in [3.8, 4) is 0 Å². The van der Waals surface area contributed by atoms with E-state index in [1.54, 1.807) is 30.7 Å². The maximum absolute atomic E-state index is 12.6. The largest absolute Gasteiger partial charge is 0.372 e. The first-order valence-electron chi connectivity index (χ1n) is 9.08. The van der Waals surface area contributed by atoms with Crippen LogP contribution in [0.3, 0.4) is 0 Å². The smallest absolute Gasteiger partial charge is 0.253 e. The summed E-state index contributed by atoms with van der Waals surface area (Å²) in [6, 6.07) is 7.46. The van der Waals surface area contributed by atoms with Gasteiger partial charge in [0, 0.05) is 49.9 Å². The van der Waals surface area contributed by atoms with Crippen LogP contribution in [0.1, 0.15) is 35.2 Å². The van der Waals surface area contributed by atoms with E-state index in [9.17, 15) is 4.79 Å². The summed E-state index contributed by atoms with van der Waals surface area (Å²) in [5.74, 6) is 0.0737. The van der Waals surface area contributed by atoms with E-state index in [1.807, 2.05) is 23.2 Å². The van der Waals surface area contributed by atoms with E-state index in [0.717, 1.165) is 37.9 Å². The molecule has 4 heterocycles. The molecule has 1 amide bonds. The Morgan fingerprint density at radius 2 is 2.00 bits per heavy atom. The van der Waals surface area contributed by atoms with E-state index in [-0.39, 0.29) is 17.6 Å². The number of hydrogen-bond acceptors (Lipinski definition) is 5. The number of likely N-dealkylation sites (tertiary alicyclic amines) is 1. The van der Waals surface area contributed by atoms with Crippen LogP contribution in [-0.4, -0.2) is 52.2 Å². The molecule has 0 aromatic carbocycles. The number of nitrogens with zero attached hydrogens (tertiary/aromatic N) is 3. The first kappa shape index (κ1) is 17.1. The molecule has 136 valence electrons. The minimum absolute atomic E-state index is 0.0737. The van der Waals surface area contributed by atoms with Gasteiger partial charge in [-0.25, -0.2) is 0 Å². The molecule has 0 aliphatic carbocycles. The van der Waals surface area contributed by atoms with Crippen LogP contribution in [0, 0.1) is 0 Å². The second kappa shape index (κ2) is 7.51. The van der Waals surface area contributed by atoms with Gasteiger partial charge in [-0.15, -0.1) is 0 Å². The zero-order valence-corrected chi connectivity index (χ0v) is 14.7. The Labute approximate surface area is 153 Å². The van der Waals surface area contributed by atoms with Crippen LogP contribution in [0.25, 0.3) is 0 Å². The van der Waals surface area contributed by atoms with Crippen LogP contribution in [0.15, 0.2) is 49.1 Å². The van der Waals surface area contributed by atoms with Gasteiger partial charge in [0.2, 0.25) is 0 Å². The van der Waals surface area contributed by atoms with Gasteiger partial charge in [-0.3, -0.25) is 14.8 Å². The second-order valence-corrected chi connectivity index (χ2v) is 7.02. The quantitative estimate of drug-likeness (QED) is 0.845. The highest BCUT2D eigenvalue weighted by Crippen LogP contribution is 2.37. The van der Waals surface area contributed by atoms with Crippen LogP contribution in [-0.2, 0) is 16.1 Å². The summed E-state index contributed by atoms with van der Waals surface area (Å²) in [5.41, 5.74) is 1.63. The van der Waals surface area contributed by atoms with Gasteiger partial charge in [0.15, 0.2) is 0 Å². The maximum atomic E-state index is 12.6. The number of aromatic nitrogens is 2. The van der Waals surface area contributed by atoms with Crippen molar-refractivity contribution in [2.24, 2.45) is 0 Å². The van der Waals surface area contributed by atoms with Crippen molar-refractivity contribution in [1.82, 2.24) is 14.9 Å². The molecule has 2 saturated heterocycles. The number of amides is 1. The van der Waals surface area contributed by atoms with Crippen LogP contribution in [0.5, 0.6) is 0 Å². The summed E-state index contributed by atoms with van der Waals surface area (Å²) in [4.78, 5) is 22.5. The first-order chi connectivity index (χ1) is 12.7. The number of hydrogen-bond donors (Lipinski definition) is 0. The summed E-state index contributed by atoms with van der Waals surface area (Å²) < 4.78 is 12.1. The zero-order chi connectivity index (χ0) is 17.8. The van der Waals surface area contributed by atoms with E-state index in [1.165, 1.54) is 0 Å². The molecule has 2 fully saturated rings. The Kier molecular flexibility index (Phi) is 4.95. The van der Waals surface area contributed by atoms with Crippen LogP contribution in [0.2, 0.25) is 0 Å². The Bertz CT molecular complexity index is 730. The molecule has 6 nitrogen and oxygen atoms in total. The minimum atomic E-state index is -0.144. The maximum Gasteiger partial charge on any atom is 0.253 e. The Balaban J connectivity index is 1.28. The van der Waals surface area contributed by atoms with Crippen LogP contribution >= 0.6 is 0 Å². The van der Waals surface area contributed by atoms with E-state index in [4.69, 9.17) is 9.47 Å². The highest BCUT2D eigenvalue weighted by Gasteiger charge is 2.43. The van der Waals surface area contributed by atoms with E-state index in [2.05, 4.69) is 9.97 Å². The number of rotatable bonds is 4.